The van der Waals surface area contributed by atoms with E-state index in [1.807, 2.05) is 18.7 Å². The quantitative estimate of drug-likeness (QED) is 0.911. The molecule has 0 saturated carbocycles. The summed E-state index contributed by atoms with van der Waals surface area (Å²) in [4.78, 5) is 0. The van der Waals surface area contributed by atoms with Crippen LogP contribution in [-0.2, 0) is 13.5 Å². The lowest BCUT2D eigenvalue weighted by Crippen LogP contribution is -2.23. The first-order valence-electron chi connectivity index (χ1n) is 6.07. The van der Waals surface area contributed by atoms with Crippen LogP contribution in [0.4, 0.5) is 0 Å². The van der Waals surface area contributed by atoms with Gasteiger partial charge < -0.3 is 5.32 Å². The maximum absolute atomic E-state index is 4.45. The van der Waals surface area contributed by atoms with Gasteiger partial charge in [0.05, 0.1) is 15.9 Å². The summed E-state index contributed by atoms with van der Waals surface area (Å²) < 4.78 is 3.10. The largest absolute Gasteiger partial charge is 0.310 e. The van der Waals surface area contributed by atoms with Crippen molar-refractivity contribution in [1.29, 1.82) is 0 Å². The van der Waals surface area contributed by atoms with Gasteiger partial charge in [0, 0.05) is 19.5 Å². The molecule has 0 saturated heterocycles. The average Bonchev–Trinajstić information content (AvgIpc) is 2.93. The van der Waals surface area contributed by atoms with Gasteiger partial charge >= 0.3 is 0 Å². The van der Waals surface area contributed by atoms with Gasteiger partial charge in [0.1, 0.15) is 0 Å². The summed E-state index contributed by atoms with van der Waals surface area (Å²) in [5.74, 6) is 0. The van der Waals surface area contributed by atoms with E-state index < -0.39 is 0 Å². The summed E-state index contributed by atoms with van der Waals surface area (Å²) in [5.41, 5.74) is 3.64. The van der Waals surface area contributed by atoms with Crippen LogP contribution in [0.2, 0.25) is 0 Å². The lowest BCUT2D eigenvalue weighted by Gasteiger charge is -2.17. The zero-order valence-electron chi connectivity index (χ0n) is 10.9. The molecule has 0 aromatic carbocycles. The van der Waals surface area contributed by atoms with Gasteiger partial charge in [-0.2, -0.15) is 16.4 Å². The predicted molar refractivity (Wildman–Crippen MR) is 80.1 cm³/mol. The fourth-order valence-corrected chi connectivity index (χ4v) is 3.33. The van der Waals surface area contributed by atoms with Crippen LogP contribution >= 0.6 is 27.3 Å². The summed E-state index contributed by atoms with van der Waals surface area (Å²) in [6.07, 6.45) is 0.947. The van der Waals surface area contributed by atoms with Crippen molar-refractivity contribution in [3.63, 3.8) is 0 Å². The van der Waals surface area contributed by atoms with Crippen LogP contribution < -0.4 is 5.32 Å². The smallest absolute Gasteiger partial charge is 0.0738 e. The van der Waals surface area contributed by atoms with E-state index in [0.29, 0.717) is 6.04 Å². The molecular weight excluding hydrogens is 310 g/mol. The molecule has 0 radical (unpaired) electrons. The van der Waals surface area contributed by atoms with Gasteiger partial charge in [-0.1, -0.05) is 6.92 Å². The fourth-order valence-electron chi connectivity index (χ4n) is 2.12. The summed E-state index contributed by atoms with van der Waals surface area (Å²) in [5, 5.41) is 12.3. The van der Waals surface area contributed by atoms with Crippen LogP contribution in [0.15, 0.2) is 21.3 Å². The fraction of sp³-hybridized carbons (Fsp3) is 0.462. The number of aryl methyl sites for hydroxylation is 2. The second-order valence-corrected chi connectivity index (χ2v) is 5.91. The number of thiophene rings is 1. The minimum Gasteiger partial charge on any atom is -0.310 e. The van der Waals surface area contributed by atoms with E-state index in [2.05, 4.69) is 50.1 Å². The SMILES string of the molecule is CCNC(Cc1c(Br)c(C)nn1C)c1ccsc1. The molecule has 0 aliphatic carbocycles. The van der Waals surface area contributed by atoms with Gasteiger partial charge in [-0.15, -0.1) is 0 Å². The van der Waals surface area contributed by atoms with Crippen LogP contribution in [0.3, 0.4) is 0 Å². The van der Waals surface area contributed by atoms with Crippen molar-refractivity contribution < 1.29 is 0 Å². The third-order valence-corrected chi connectivity index (χ3v) is 4.79. The third kappa shape index (κ3) is 2.84. The molecule has 5 heteroatoms. The molecular formula is C13H18BrN3S. The third-order valence-electron chi connectivity index (χ3n) is 3.06. The van der Waals surface area contributed by atoms with E-state index in [9.17, 15) is 0 Å². The molecule has 0 aliphatic rings. The Labute approximate surface area is 120 Å². The highest BCUT2D eigenvalue weighted by atomic mass is 79.9. The van der Waals surface area contributed by atoms with Gasteiger partial charge in [-0.25, -0.2) is 0 Å². The summed E-state index contributed by atoms with van der Waals surface area (Å²) >= 11 is 5.38. The molecule has 1 atom stereocenters. The Kier molecular flexibility index (Phi) is 4.59. The van der Waals surface area contributed by atoms with Crippen LogP contribution in [0.1, 0.15) is 29.9 Å². The molecule has 0 amide bonds. The normalized spacial score (nSPS) is 12.9. The topological polar surface area (TPSA) is 29.9 Å². The number of nitrogens with one attached hydrogen (secondary N) is 1. The maximum atomic E-state index is 4.45. The first kappa shape index (κ1) is 13.8. The van der Waals surface area contributed by atoms with Crippen LogP contribution in [0.5, 0.6) is 0 Å². The lowest BCUT2D eigenvalue weighted by molar-refractivity contribution is 0.529. The van der Waals surface area contributed by atoms with Crippen molar-refractivity contribution in [2.75, 3.05) is 6.54 Å². The standard InChI is InChI=1S/C13H18BrN3S/c1-4-15-11(10-5-6-18-8-10)7-12-13(14)9(2)16-17(12)3/h5-6,8,11,15H,4,7H2,1-3H3. The molecule has 1 N–H and O–H groups in total. The Bertz CT molecular complexity index is 505. The van der Waals surface area contributed by atoms with E-state index in [1.165, 1.54) is 11.3 Å². The highest BCUT2D eigenvalue weighted by molar-refractivity contribution is 9.10. The number of likely N-dealkylation sites (N-methyl/N-ethyl adjacent to an activating group) is 1. The molecule has 98 valence electrons. The van der Waals surface area contributed by atoms with Gasteiger partial charge in [0.15, 0.2) is 0 Å². The maximum Gasteiger partial charge on any atom is 0.0738 e. The second kappa shape index (κ2) is 5.99. The van der Waals surface area contributed by atoms with Crippen LogP contribution in [0.25, 0.3) is 0 Å². The molecule has 0 bridgehead atoms. The van der Waals surface area contributed by atoms with E-state index in [1.54, 1.807) is 11.3 Å². The molecule has 0 fully saturated rings. The Morgan fingerprint density at radius 3 is 2.83 bits per heavy atom. The highest BCUT2D eigenvalue weighted by Gasteiger charge is 2.17. The van der Waals surface area contributed by atoms with Crippen molar-refractivity contribution in [2.45, 2.75) is 26.3 Å². The van der Waals surface area contributed by atoms with Crippen LogP contribution in [0, 0.1) is 6.92 Å². The molecule has 0 aliphatic heterocycles. The highest BCUT2D eigenvalue weighted by Crippen LogP contribution is 2.26. The van der Waals surface area contributed by atoms with E-state index in [0.717, 1.165) is 23.1 Å². The Hall–Kier alpha value is -0.650. The second-order valence-electron chi connectivity index (χ2n) is 4.34. The number of halogens is 1. The Balaban J connectivity index is 2.24. The number of nitrogens with zero attached hydrogens (tertiary/aromatic N) is 2. The average molecular weight is 328 g/mol. The predicted octanol–water partition coefficient (Wildman–Crippen LogP) is 3.45. The molecule has 2 rings (SSSR count). The number of hydrogen-bond acceptors (Lipinski definition) is 3. The Morgan fingerprint density at radius 1 is 1.56 bits per heavy atom. The number of rotatable bonds is 5. The van der Waals surface area contributed by atoms with Gasteiger partial charge in [-0.05, 0) is 51.8 Å². The molecule has 3 nitrogen and oxygen atoms in total. The summed E-state index contributed by atoms with van der Waals surface area (Å²) in [7, 11) is 2.00. The molecule has 1 unspecified atom stereocenters. The summed E-state index contributed by atoms with van der Waals surface area (Å²) in [6.45, 7) is 5.14. The van der Waals surface area contributed by atoms with Crippen molar-refractivity contribution >= 4 is 27.3 Å². The Morgan fingerprint density at radius 2 is 2.33 bits per heavy atom. The number of hydrogen-bond donors (Lipinski definition) is 1. The molecule has 0 spiro atoms. The van der Waals surface area contributed by atoms with E-state index >= 15 is 0 Å². The van der Waals surface area contributed by atoms with E-state index in [-0.39, 0.29) is 0 Å². The van der Waals surface area contributed by atoms with Crippen LogP contribution in [-0.4, -0.2) is 16.3 Å². The van der Waals surface area contributed by atoms with Gasteiger partial charge in [-0.3, -0.25) is 4.68 Å². The molecule has 2 aromatic rings. The minimum atomic E-state index is 0.354. The minimum absolute atomic E-state index is 0.354. The molecule has 18 heavy (non-hydrogen) atoms. The van der Waals surface area contributed by atoms with E-state index in [4.69, 9.17) is 0 Å². The number of aromatic nitrogens is 2. The first-order valence-corrected chi connectivity index (χ1v) is 7.80. The molecule has 2 heterocycles. The zero-order chi connectivity index (χ0) is 13.1. The van der Waals surface area contributed by atoms with Crippen molar-refractivity contribution in [1.82, 2.24) is 15.1 Å². The van der Waals surface area contributed by atoms with Crippen molar-refractivity contribution in [3.8, 4) is 0 Å². The van der Waals surface area contributed by atoms with Gasteiger partial charge in [0.25, 0.3) is 0 Å². The van der Waals surface area contributed by atoms with Crippen molar-refractivity contribution in [2.24, 2.45) is 7.05 Å². The first-order chi connectivity index (χ1) is 8.63. The molecule has 2 aromatic heterocycles. The summed E-state index contributed by atoms with van der Waals surface area (Å²) in [6, 6.07) is 2.54. The zero-order valence-corrected chi connectivity index (χ0v) is 13.3. The van der Waals surface area contributed by atoms with Crippen molar-refractivity contribution in [3.05, 3.63) is 38.3 Å². The lowest BCUT2D eigenvalue weighted by atomic mass is 10.0. The monoisotopic (exact) mass is 327 g/mol. The van der Waals surface area contributed by atoms with Gasteiger partial charge in [0.2, 0.25) is 0 Å².